The average molecular weight is 253 g/mol. The molecule has 3 heteroatoms. The third-order valence-electron chi connectivity index (χ3n) is 4.91. The highest BCUT2D eigenvalue weighted by molar-refractivity contribution is 5.73. The molecule has 0 amide bonds. The van der Waals surface area contributed by atoms with Gasteiger partial charge in [-0.2, -0.15) is 0 Å². The van der Waals surface area contributed by atoms with Gasteiger partial charge < -0.3 is 10.0 Å². The van der Waals surface area contributed by atoms with Gasteiger partial charge in [0.25, 0.3) is 0 Å². The van der Waals surface area contributed by atoms with Crippen LogP contribution in [0, 0.1) is 10.8 Å². The number of likely N-dealkylation sites (tertiary alicyclic amines) is 1. The summed E-state index contributed by atoms with van der Waals surface area (Å²) in [7, 11) is 0. The van der Waals surface area contributed by atoms with Crippen molar-refractivity contribution >= 4 is 5.97 Å². The van der Waals surface area contributed by atoms with Gasteiger partial charge in [0.05, 0.1) is 5.41 Å². The van der Waals surface area contributed by atoms with Gasteiger partial charge in [0.15, 0.2) is 0 Å². The standard InChI is InChI=1S/C15H27NO2/c1-14(2,13(17)18)9-10-16-11-15(12-16)7-5-3-4-6-8-15/h3-12H2,1-2H3,(H,17,18). The van der Waals surface area contributed by atoms with Crippen LogP contribution in [0.3, 0.4) is 0 Å². The Balaban J connectivity index is 1.74. The third-order valence-corrected chi connectivity index (χ3v) is 4.91. The van der Waals surface area contributed by atoms with Crippen molar-refractivity contribution in [1.82, 2.24) is 4.90 Å². The summed E-state index contributed by atoms with van der Waals surface area (Å²) in [4.78, 5) is 13.5. The van der Waals surface area contributed by atoms with E-state index in [1.54, 1.807) is 0 Å². The summed E-state index contributed by atoms with van der Waals surface area (Å²) in [6, 6.07) is 0. The minimum atomic E-state index is -0.674. The Hall–Kier alpha value is -0.570. The summed E-state index contributed by atoms with van der Waals surface area (Å²) in [5.41, 5.74) is 0.0239. The molecule has 1 heterocycles. The first kappa shape index (κ1) is 13.9. The lowest BCUT2D eigenvalue weighted by molar-refractivity contribution is -0.147. The molecule has 1 saturated carbocycles. The van der Waals surface area contributed by atoms with Gasteiger partial charge in [-0.3, -0.25) is 4.79 Å². The van der Waals surface area contributed by atoms with Gasteiger partial charge in [-0.15, -0.1) is 0 Å². The molecule has 0 aromatic heterocycles. The average Bonchev–Trinajstić information content (AvgIpc) is 2.50. The number of carbonyl (C=O) groups is 1. The highest BCUT2D eigenvalue weighted by atomic mass is 16.4. The summed E-state index contributed by atoms with van der Waals surface area (Å²) in [6.07, 6.45) is 9.17. The highest BCUT2D eigenvalue weighted by Crippen LogP contribution is 2.43. The second-order valence-electron chi connectivity index (χ2n) is 7.06. The van der Waals surface area contributed by atoms with Gasteiger partial charge in [-0.25, -0.2) is 0 Å². The largest absolute Gasteiger partial charge is 0.481 e. The quantitative estimate of drug-likeness (QED) is 0.836. The molecule has 0 unspecified atom stereocenters. The second kappa shape index (κ2) is 5.20. The molecule has 3 nitrogen and oxygen atoms in total. The molecule has 1 aliphatic carbocycles. The molecule has 18 heavy (non-hydrogen) atoms. The molecule has 1 N–H and O–H groups in total. The highest BCUT2D eigenvalue weighted by Gasteiger charge is 2.42. The number of carboxylic acids is 1. The lowest BCUT2D eigenvalue weighted by Crippen LogP contribution is -2.56. The SMILES string of the molecule is CC(C)(CCN1CC2(CCCCCC2)C1)C(=O)O. The molecule has 1 saturated heterocycles. The summed E-state index contributed by atoms with van der Waals surface area (Å²) in [5, 5.41) is 9.11. The second-order valence-corrected chi connectivity index (χ2v) is 7.06. The Morgan fingerprint density at radius 1 is 1.17 bits per heavy atom. The number of carboxylic acid groups (broad SMARTS) is 1. The number of hydrogen-bond donors (Lipinski definition) is 1. The first-order chi connectivity index (χ1) is 8.44. The zero-order valence-electron chi connectivity index (χ0n) is 11.9. The Labute approximate surface area is 111 Å². The van der Waals surface area contributed by atoms with Crippen molar-refractivity contribution in [3.8, 4) is 0 Å². The van der Waals surface area contributed by atoms with Crippen molar-refractivity contribution in [3.05, 3.63) is 0 Å². The molecule has 0 radical (unpaired) electrons. The third kappa shape index (κ3) is 3.05. The van der Waals surface area contributed by atoms with E-state index in [1.807, 2.05) is 13.8 Å². The van der Waals surface area contributed by atoms with Crippen LogP contribution in [-0.4, -0.2) is 35.6 Å². The zero-order chi connectivity index (χ0) is 13.2. The number of rotatable bonds is 4. The predicted molar refractivity (Wildman–Crippen MR) is 72.6 cm³/mol. The van der Waals surface area contributed by atoms with Crippen LogP contribution in [0.25, 0.3) is 0 Å². The smallest absolute Gasteiger partial charge is 0.309 e. The maximum atomic E-state index is 11.1. The van der Waals surface area contributed by atoms with E-state index in [9.17, 15) is 4.79 Å². The fraction of sp³-hybridized carbons (Fsp3) is 0.933. The van der Waals surface area contributed by atoms with Crippen LogP contribution in [-0.2, 0) is 4.79 Å². The van der Waals surface area contributed by atoms with Gasteiger partial charge in [-0.05, 0) is 45.1 Å². The predicted octanol–water partition coefficient (Wildman–Crippen LogP) is 3.14. The molecule has 104 valence electrons. The minimum absolute atomic E-state index is 0.577. The van der Waals surface area contributed by atoms with Crippen LogP contribution in [0.2, 0.25) is 0 Å². The summed E-state index contributed by atoms with van der Waals surface area (Å²) >= 11 is 0. The molecule has 0 aromatic rings. The number of aliphatic carboxylic acids is 1. The van der Waals surface area contributed by atoms with Crippen LogP contribution in [0.5, 0.6) is 0 Å². The summed E-state index contributed by atoms with van der Waals surface area (Å²) in [5.74, 6) is -0.674. The van der Waals surface area contributed by atoms with E-state index in [-0.39, 0.29) is 0 Å². The van der Waals surface area contributed by atoms with Gasteiger partial charge in [-0.1, -0.05) is 25.7 Å². The van der Waals surface area contributed by atoms with E-state index in [1.165, 1.54) is 51.6 Å². The maximum absolute atomic E-state index is 11.1. The Morgan fingerprint density at radius 2 is 1.72 bits per heavy atom. The molecular formula is C15H27NO2. The molecule has 1 spiro atoms. The van der Waals surface area contributed by atoms with Crippen LogP contribution < -0.4 is 0 Å². The first-order valence-electron chi connectivity index (χ1n) is 7.39. The molecule has 0 atom stereocenters. The summed E-state index contributed by atoms with van der Waals surface area (Å²) in [6.45, 7) is 7.03. The van der Waals surface area contributed by atoms with E-state index >= 15 is 0 Å². The topological polar surface area (TPSA) is 40.5 Å². The van der Waals surface area contributed by atoms with Crippen molar-refractivity contribution < 1.29 is 9.90 Å². The molecule has 1 aliphatic heterocycles. The van der Waals surface area contributed by atoms with E-state index in [2.05, 4.69) is 4.90 Å². The van der Waals surface area contributed by atoms with Crippen LogP contribution in [0.1, 0.15) is 58.8 Å². The summed E-state index contributed by atoms with van der Waals surface area (Å²) < 4.78 is 0. The van der Waals surface area contributed by atoms with Crippen LogP contribution >= 0.6 is 0 Å². The number of nitrogens with zero attached hydrogens (tertiary/aromatic N) is 1. The Kier molecular flexibility index (Phi) is 4.00. The molecule has 2 rings (SSSR count). The Bertz CT molecular complexity index is 296. The molecule has 0 aromatic carbocycles. The fourth-order valence-electron chi connectivity index (χ4n) is 3.40. The van der Waals surface area contributed by atoms with Gasteiger partial charge in [0, 0.05) is 13.1 Å². The number of hydrogen-bond acceptors (Lipinski definition) is 2. The molecular weight excluding hydrogens is 226 g/mol. The van der Waals surface area contributed by atoms with E-state index in [0.29, 0.717) is 5.41 Å². The first-order valence-corrected chi connectivity index (χ1v) is 7.39. The van der Waals surface area contributed by atoms with E-state index < -0.39 is 11.4 Å². The lowest BCUT2D eigenvalue weighted by atomic mass is 9.73. The molecule has 2 fully saturated rings. The normalized spacial score (nSPS) is 24.6. The van der Waals surface area contributed by atoms with Crippen LogP contribution in [0.4, 0.5) is 0 Å². The monoisotopic (exact) mass is 253 g/mol. The molecule has 2 aliphatic rings. The van der Waals surface area contributed by atoms with Crippen molar-refractivity contribution in [2.45, 2.75) is 58.8 Å². The van der Waals surface area contributed by atoms with Gasteiger partial charge >= 0.3 is 5.97 Å². The van der Waals surface area contributed by atoms with Crippen LogP contribution in [0.15, 0.2) is 0 Å². The van der Waals surface area contributed by atoms with Gasteiger partial charge in [0.1, 0.15) is 0 Å². The lowest BCUT2D eigenvalue weighted by Gasteiger charge is -2.51. The minimum Gasteiger partial charge on any atom is -0.481 e. The van der Waals surface area contributed by atoms with Crippen molar-refractivity contribution in [2.75, 3.05) is 19.6 Å². The van der Waals surface area contributed by atoms with E-state index in [4.69, 9.17) is 5.11 Å². The van der Waals surface area contributed by atoms with Crippen molar-refractivity contribution in [1.29, 1.82) is 0 Å². The van der Waals surface area contributed by atoms with Crippen molar-refractivity contribution in [2.24, 2.45) is 10.8 Å². The van der Waals surface area contributed by atoms with E-state index in [0.717, 1.165) is 13.0 Å². The van der Waals surface area contributed by atoms with Gasteiger partial charge in [0.2, 0.25) is 0 Å². The van der Waals surface area contributed by atoms with Crippen molar-refractivity contribution in [3.63, 3.8) is 0 Å². The molecule has 0 bridgehead atoms. The Morgan fingerprint density at radius 3 is 2.22 bits per heavy atom. The maximum Gasteiger partial charge on any atom is 0.309 e. The zero-order valence-corrected chi connectivity index (χ0v) is 11.9. The fourth-order valence-corrected chi connectivity index (χ4v) is 3.40.